The molecule has 16 heavy (non-hydrogen) atoms. The van der Waals surface area contributed by atoms with Crippen molar-refractivity contribution in [2.75, 3.05) is 26.7 Å². The van der Waals surface area contributed by atoms with Crippen molar-refractivity contribution < 1.29 is 14.3 Å². The first-order valence-corrected chi connectivity index (χ1v) is 5.69. The molecule has 1 amide bonds. The number of piperazine rings is 1. The van der Waals surface area contributed by atoms with Gasteiger partial charge in [-0.1, -0.05) is 20.3 Å². The first-order valence-electron chi connectivity index (χ1n) is 5.69. The molecule has 2 atom stereocenters. The van der Waals surface area contributed by atoms with E-state index >= 15 is 0 Å². The third kappa shape index (κ3) is 2.72. The van der Waals surface area contributed by atoms with Crippen LogP contribution in [-0.2, 0) is 14.3 Å². The van der Waals surface area contributed by atoms with Gasteiger partial charge in [0.25, 0.3) is 0 Å². The van der Waals surface area contributed by atoms with E-state index in [4.69, 9.17) is 4.74 Å². The Hall–Kier alpha value is -1.10. The number of nitrogens with one attached hydrogen (secondary N) is 1. The molecule has 0 aromatic heterocycles. The molecule has 0 spiro atoms. The van der Waals surface area contributed by atoms with Gasteiger partial charge >= 0.3 is 5.97 Å². The van der Waals surface area contributed by atoms with Crippen LogP contribution in [0.5, 0.6) is 0 Å². The molecule has 0 saturated carbocycles. The Balaban J connectivity index is 2.81. The molecule has 5 nitrogen and oxygen atoms in total. The summed E-state index contributed by atoms with van der Waals surface area (Å²) in [5, 5.41) is 2.99. The van der Waals surface area contributed by atoms with Crippen molar-refractivity contribution in [3.63, 3.8) is 0 Å². The lowest BCUT2D eigenvalue weighted by molar-refractivity contribution is -0.156. The van der Waals surface area contributed by atoms with Gasteiger partial charge in [0.15, 0.2) is 0 Å². The third-order valence-corrected chi connectivity index (χ3v) is 3.09. The molecule has 0 aromatic rings. The summed E-state index contributed by atoms with van der Waals surface area (Å²) in [5.41, 5.74) is 0. The molecule has 1 aliphatic rings. The predicted octanol–water partition coefficient (Wildman–Crippen LogP) is 0.00590. The average molecular weight is 228 g/mol. The van der Waals surface area contributed by atoms with Crippen molar-refractivity contribution in [1.29, 1.82) is 0 Å². The number of hydrogen-bond donors (Lipinski definition) is 1. The van der Waals surface area contributed by atoms with Crippen LogP contribution in [0.4, 0.5) is 0 Å². The Kier molecular flexibility index (Phi) is 4.73. The van der Waals surface area contributed by atoms with E-state index in [2.05, 4.69) is 5.32 Å². The van der Waals surface area contributed by atoms with E-state index in [-0.39, 0.29) is 17.8 Å². The van der Waals surface area contributed by atoms with Gasteiger partial charge < -0.3 is 15.0 Å². The van der Waals surface area contributed by atoms with Crippen LogP contribution < -0.4 is 5.32 Å². The van der Waals surface area contributed by atoms with Gasteiger partial charge in [0.2, 0.25) is 5.91 Å². The fourth-order valence-electron chi connectivity index (χ4n) is 1.93. The van der Waals surface area contributed by atoms with Crippen LogP contribution >= 0.6 is 0 Å². The van der Waals surface area contributed by atoms with E-state index in [0.717, 1.165) is 13.0 Å². The Morgan fingerprint density at radius 1 is 1.62 bits per heavy atom. The fraction of sp³-hybridized carbons (Fsp3) is 0.818. The van der Waals surface area contributed by atoms with Gasteiger partial charge in [-0.05, 0) is 5.92 Å². The topological polar surface area (TPSA) is 58.6 Å². The van der Waals surface area contributed by atoms with E-state index in [1.54, 1.807) is 4.90 Å². The summed E-state index contributed by atoms with van der Waals surface area (Å²) in [5.74, 6) is -0.221. The second kappa shape index (κ2) is 5.84. The summed E-state index contributed by atoms with van der Waals surface area (Å²) in [4.78, 5) is 25.1. The Morgan fingerprint density at radius 3 is 2.81 bits per heavy atom. The summed E-state index contributed by atoms with van der Waals surface area (Å²) < 4.78 is 4.78. The van der Waals surface area contributed by atoms with Crippen molar-refractivity contribution in [1.82, 2.24) is 10.2 Å². The zero-order valence-corrected chi connectivity index (χ0v) is 10.2. The molecule has 0 aliphatic carbocycles. The second-order valence-electron chi connectivity index (χ2n) is 4.12. The zero-order chi connectivity index (χ0) is 12.1. The molecule has 0 bridgehead atoms. The maximum atomic E-state index is 11.7. The number of methoxy groups -OCH3 is 1. The highest BCUT2D eigenvalue weighted by molar-refractivity contribution is 5.86. The maximum absolute atomic E-state index is 11.7. The van der Waals surface area contributed by atoms with Crippen molar-refractivity contribution in [2.45, 2.75) is 26.3 Å². The highest BCUT2D eigenvalue weighted by atomic mass is 16.5. The maximum Gasteiger partial charge on any atom is 0.328 e. The molecule has 1 saturated heterocycles. The van der Waals surface area contributed by atoms with Gasteiger partial charge in [-0.15, -0.1) is 0 Å². The SMILES string of the molecule is CC[C@H](C)[C@@H](C(=O)OC)N1CCNCC1=O. The molecule has 0 aromatic carbocycles. The lowest BCUT2D eigenvalue weighted by Gasteiger charge is -2.36. The van der Waals surface area contributed by atoms with Gasteiger partial charge in [-0.2, -0.15) is 0 Å². The van der Waals surface area contributed by atoms with Crippen LogP contribution in [0.25, 0.3) is 0 Å². The van der Waals surface area contributed by atoms with E-state index in [0.29, 0.717) is 13.1 Å². The molecule has 1 aliphatic heterocycles. The quantitative estimate of drug-likeness (QED) is 0.688. The van der Waals surface area contributed by atoms with Crippen LogP contribution in [-0.4, -0.2) is 49.6 Å². The third-order valence-electron chi connectivity index (χ3n) is 3.09. The first kappa shape index (κ1) is 13.0. The van der Waals surface area contributed by atoms with E-state index in [1.165, 1.54) is 7.11 Å². The number of hydrogen-bond acceptors (Lipinski definition) is 4. The van der Waals surface area contributed by atoms with Crippen molar-refractivity contribution in [3.05, 3.63) is 0 Å². The van der Waals surface area contributed by atoms with E-state index in [9.17, 15) is 9.59 Å². The van der Waals surface area contributed by atoms with Gasteiger partial charge in [0.1, 0.15) is 6.04 Å². The van der Waals surface area contributed by atoms with Crippen LogP contribution in [0.3, 0.4) is 0 Å². The summed E-state index contributed by atoms with van der Waals surface area (Å²) >= 11 is 0. The zero-order valence-electron chi connectivity index (χ0n) is 10.2. The largest absolute Gasteiger partial charge is 0.467 e. The standard InChI is InChI=1S/C11H20N2O3/c1-4-8(2)10(11(15)16-3)13-6-5-12-7-9(13)14/h8,10,12H,4-7H2,1-3H3/t8-,10-/m0/s1. The van der Waals surface area contributed by atoms with E-state index in [1.807, 2.05) is 13.8 Å². The minimum absolute atomic E-state index is 0.0260. The first-order chi connectivity index (χ1) is 7.61. The summed E-state index contributed by atoms with van der Waals surface area (Å²) in [6, 6.07) is -0.440. The molecule has 1 heterocycles. The summed E-state index contributed by atoms with van der Waals surface area (Å²) in [6.45, 7) is 5.59. The number of carbonyl (C=O) groups is 2. The molecule has 1 N–H and O–H groups in total. The fourth-order valence-corrected chi connectivity index (χ4v) is 1.93. The van der Waals surface area contributed by atoms with Crippen LogP contribution in [0.1, 0.15) is 20.3 Å². The molecule has 5 heteroatoms. The van der Waals surface area contributed by atoms with E-state index < -0.39 is 6.04 Å². The molecule has 0 radical (unpaired) electrons. The van der Waals surface area contributed by atoms with Crippen molar-refractivity contribution in [2.24, 2.45) is 5.92 Å². The highest BCUT2D eigenvalue weighted by Gasteiger charge is 2.35. The van der Waals surface area contributed by atoms with Crippen LogP contribution in [0, 0.1) is 5.92 Å². The Bertz CT molecular complexity index is 268. The molecule has 1 rings (SSSR count). The number of nitrogens with zero attached hydrogens (tertiary/aromatic N) is 1. The normalized spacial score (nSPS) is 20.4. The van der Waals surface area contributed by atoms with Crippen LogP contribution in [0.2, 0.25) is 0 Å². The van der Waals surface area contributed by atoms with Gasteiger partial charge in [0, 0.05) is 13.1 Å². The molecule has 1 fully saturated rings. The lowest BCUT2D eigenvalue weighted by Crippen LogP contribution is -2.57. The molecular formula is C11H20N2O3. The van der Waals surface area contributed by atoms with Gasteiger partial charge in [0.05, 0.1) is 13.7 Å². The number of amides is 1. The highest BCUT2D eigenvalue weighted by Crippen LogP contribution is 2.17. The van der Waals surface area contributed by atoms with Crippen LogP contribution in [0.15, 0.2) is 0 Å². The monoisotopic (exact) mass is 228 g/mol. The molecule has 0 unspecified atom stereocenters. The van der Waals surface area contributed by atoms with Gasteiger partial charge in [-0.25, -0.2) is 4.79 Å². The second-order valence-corrected chi connectivity index (χ2v) is 4.12. The average Bonchev–Trinajstić information content (AvgIpc) is 2.31. The lowest BCUT2D eigenvalue weighted by atomic mass is 9.97. The summed E-state index contributed by atoms with van der Waals surface area (Å²) in [6.07, 6.45) is 0.844. The minimum Gasteiger partial charge on any atom is -0.467 e. The summed E-state index contributed by atoms with van der Waals surface area (Å²) in [7, 11) is 1.37. The van der Waals surface area contributed by atoms with Gasteiger partial charge in [-0.3, -0.25) is 4.79 Å². The number of ether oxygens (including phenoxy) is 1. The number of rotatable bonds is 4. The molecular weight excluding hydrogens is 208 g/mol. The predicted molar refractivity (Wildman–Crippen MR) is 59.8 cm³/mol. The number of carbonyl (C=O) groups excluding carboxylic acids is 2. The smallest absolute Gasteiger partial charge is 0.328 e. The Labute approximate surface area is 96.1 Å². The van der Waals surface area contributed by atoms with Crippen molar-refractivity contribution in [3.8, 4) is 0 Å². The minimum atomic E-state index is -0.440. The number of esters is 1. The molecule has 92 valence electrons. The Morgan fingerprint density at radius 2 is 2.31 bits per heavy atom. The van der Waals surface area contributed by atoms with Crippen molar-refractivity contribution >= 4 is 11.9 Å².